The molecule has 0 saturated heterocycles. The van der Waals surface area contributed by atoms with Gasteiger partial charge < -0.3 is 9.29 Å². The van der Waals surface area contributed by atoms with Crippen molar-refractivity contribution in [3.8, 4) is 5.75 Å². The van der Waals surface area contributed by atoms with Crippen LogP contribution in [0.1, 0.15) is 13.3 Å². The minimum absolute atomic E-state index is 0. The van der Waals surface area contributed by atoms with Gasteiger partial charge in [-0.05, 0) is 18.6 Å². The van der Waals surface area contributed by atoms with E-state index in [0.717, 1.165) is 0 Å². The molecule has 0 bridgehead atoms. The Morgan fingerprint density at radius 3 is 2.27 bits per heavy atom. The molecule has 0 fully saturated rings. The Hall–Kier alpha value is -0.0700. The maximum atomic E-state index is 10.7. The monoisotopic (exact) mass is 238 g/mol. The smallest absolute Gasteiger partial charge is 0.745 e. The minimum atomic E-state index is -4.39. The Balaban J connectivity index is 0.00000196. The molecule has 0 amide bonds. The first-order chi connectivity index (χ1) is 6.54. The summed E-state index contributed by atoms with van der Waals surface area (Å²) in [4.78, 5) is 0. The van der Waals surface area contributed by atoms with Crippen LogP contribution in [0.25, 0.3) is 0 Å². The van der Waals surface area contributed by atoms with E-state index in [1.54, 1.807) is 37.3 Å². The number of rotatable bonds is 4. The SMILES string of the molecule is CCC(Oc1ccccc1)S(=O)(=O)[O-].[Na+]. The van der Waals surface area contributed by atoms with Gasteiger partial charge in [-0.3, -0.25) is 0 Å². The molecule has 1 aromatic carbocycles. The second-order valence-corrected chi connectivity index (χ2v) is 4.27. The van der Waals surface area contributed by atoms with E-state index in [-0.39, 0.29) is 36.0 Å². The number of para-hydroxylation sites is 1. The zero-order chi connectivity index (χ0) is 10.6. The van der Waals surface area contributed by atoms with Gasteiger partial charge in [0.2, 0.25) is 0 Å². The average molecular weight is 238 g/mol. The van der Waals surface area contributed by atoms with Crippen molar-refractivity contribution < 1.29 is 47.3 Å². The summed E-state index contributed by atoms with van der Waals surface area (Å²) in [5, 5.41) is 0. The van der Waals surface area contributed by atoms with Crippen LogP contribution < -0.4 is 34.3 Å². The summed E-state index contributed by atoms with van der Waals surface area (Å²) in [6.07, 6.45) is 0.140. The number of hydrogen-bond donors (Lipinski definition) is 0. The van der Waals surface area contributed by atoms with E-state index in [4.69, 9.17) is 4.74 Å². The van der Waals surface area contributed by atoms with Gasteiger partial charge >= 0.3 is 29.6 Å². The molecule has 0 saturated carbocycles. The van der Waals surface area contributed by atoms with Crippen LogP contribution in [0.2, 0.25) is 0 Å². The minimum Gasteiger partial charge on any atom is -0.745 e. The van der Waals surface area contributed by atoms with Gasteiger partial charge in [0.25, 0.3) is 0 Å². The molecule has 1 atom stereocenters. The molecule has 0 spiro atoms. The molecular weight excluding hydrogens is 227 g/mol. The summed E-state index contributed by atoms with van der Waals surface area (Å²) in [5.41, 5.74) is -1.30. The van der Waals surface area contributed by atoms with Crippen molar-refractivity contribution in [2.24, 2.45) is 0 Å². The van der Waals surface area contributed by atoms with Gasteiger partial charge in [0.15, 0.2) is 5.44 Å². The van der Waals surface area contributed by atoms with Crippen LogP contribution in [0.5, 0.6) is 5.75 Å². The van der Waals surface area contributed by atoms with Crippen molar-refractivity contribution in [1.82, 2.24) is 0 Å². The normalized spacial score (nSPS) is 12.7. The first-order valence-electron chi connectivity index (χ1n) is 4.20. The quantitative estimate of drug-likeness (QED) is 0.465. The molecule has 0 aliphatic rings. The molecular formula is C9H11NaO4S. The molecule has 78 valence electrons. The Morgan fingerprint density at radius 2 is 1.87 bits per heavy atom. The number of benzene rings is 1. The Kier molecular flexibility index (Phi) is 6.47. The Bertz CT molecular complexity index is 376. The van der Waals surface area contributed by atoms with Crippen molar-refractivity contribution >= 4 is 10.1 Å². The van der Waals surface area contributed by atoms with Gasteiger partial charge in [-0.1, -0.05) is 25.1 Å². The zero-order valence-electron chi connectivity index (χ0n) is 8.71. The molecule has 0 aromatic heterocycles. The van der Waals surface area contributed by atoms with Crippen molar-refractivity contribution in [3.63, 3.8) is 0 Å². The summed E-state index contributed by atoms with van der Waals surface area (Å²) in [7, 11) is -4.39. The fourth-order valence-corrected chi connectivity index (χ4v) is 1.63. The van der Waals surface area contributed by atoms with Crippen LogP contribution in [-0.2, 0) is 10.1 Å². The van der Waals surface area contributed by atoms with Crippen LogP contribution in [0.4, 0.5) is 0 Å². The van der Waals surface area contributed by atoms with Crippen molar-refractivity contribution in [2.75, 3.05) is 0 Å². The number of hydrogen-bond acceptors (Lipinski definition) is 4. The van der Waals surface area contributed by atoms with Crippen LogP contribution >= 0.6 is 0 Å². The summed E-state index contributed by atoms with van der Waals surface area (Å²) in [6, 6.07) is 8.40. The van der Waals surface area contributed by atoms with E-state index in [1.807, 2.05) is 0 Å². The van der Waals surface area contributed by atoms with Gasteiger partial charge in [-0.15, -0.1) is 0 Å². The van der Waals surface area contributed by atoms with Crippen LogP contribution in [-0.4, -0.2) is 18.4 Å². The Morgan fingerprint density at radius 1 is 1.33 bits per heavy atom. The Labute approximate surface area is 112 Å². The maximum Gasteiger partial charge on any atom is 1.00 e. The van der Waals surface area contributed by atoms with Gasteiger partial charge in [0, 0.05) is 0 Å². The predicted molar refractivity (Wildman–Crippen MR) is 50.8 cm³/mol. The van der Waals surface area contributed by atoms with Crippen molar-refractivity contribution in [3.05, 3.63) is 30.3 Å². The van der Waals surface area contributed by atoms with Crippen molar-refractivity contribution in [1.29, 1.82) is 0 Å². The second-order valence-electron chi connectivity index (χ2n) is 2.76. The van der Waals surface area contributed by atoms with E-state index < -0.39 is 15.6 Å². The molecule has 1 rings (SSSR count). The summed E-state index contributed by atoms with van der Waals surface area (Å²) in [6.45, 7) is 1.59. The first kappa shape index (κ1) is 14.9. The molecule has 1 unspecified atom stereocenters. The molecule has 0 heterocycles. The fraction of sp³-hybridized carbons (Fsp3) is 0.333. The summed E-state index contributed by atoms with van der Waals surface area (Å²) >= 11 is 0. The van der Waals surface area contributed by atoms with Gasteiger partial charge in [0.05, 0.1) is 0 Å². The molecule has 6 heteroatoms. The molecule has 15 heavy (non-hydrogen) atoms. The van der Waals surface area contributed by atoms with Crippen LogP contribution in [0.3, 0.4) is 0 Å². The summed E-state index contributed by atoms with van der Waals surface area (Å²) in [5.74, 6) is 0.388. The summed E-state index contributed by atoms with van der Waals surface area (Å²) < 4.78 is 37.1. The number of ether oxygens (including phenoxy) is 1. The third kappa shape index (κ3) is 4.99. The topological polar surface area (TPSA) is 66.4 Å². The van der Waals surface area contributed by atoms with Crippen LogP contribution in [0.15, 0.2) is 30.3 Å². The molecule has 0 aliphatic carbocycles. The first-order valence-corrected chi connectivity index (χ1v) is 5.67. The van der Waals surface area contributed by atoms with E-state index >= 15 is 0 Å². The molecule has 0 aliphatic heterocycles. The van der Waals surface area contributed by atoms with Gasteiger partial charge in [0.1, 0.15) is 15.9 Å². The van der Waals surface area contributed by atoms with Crippen LogP contribution in [0, 0.1) is 0 Å². The fourth-order valence-electron chi connectivity index (χ4n) is 0.997. The van der Waals surface area contributed by atoms with Crippen molar-refractivity contribution in [2.45, 2.75) is 18.8 Å². The van der Waals surface area contributed by atoms with E-state index in [2.05, 4.69) is 0 Å². The largest absolute Gasteiger partial charge is 1.00 e. The van der Waals surface area contributed by atoms with Gasteiger partial charge in [-0.2, -0.15) is 0 Å². The molecule has 0 N–H and O–H groups in total. The molecule has 0 radical (unpaired) electrons. The van der Waals surface area contributed by atoms with Gasteiger partial charge in [-0.25, -0.2) is 8.42 Å². The average Bonchev–Trinajstić information content (AvgIpc) is 2.14. The molecule has 1 aromatic rings. The van der Waals surface area contributed by atoms with E-state index in [0.29, 0.717) is 5.75 Å². The standard InChI is InChI=1S/C9H12O4S.Na/c1-2-9(14(10,11)12)13-8-6-4-3-5-7-8;/h3-7,9H,2H2,1H3,(H,10,11,12);/q;+1/p-1. The third-order valence-electron chi connectivity index (χ3n) is 1.67. The van der Waals surface area contributed by atoms with E-state index in [9.17, 15) is 13.0 Å². The zero-order valence-corrected chi connectivity index (χ0v) is 11.5. The predicted octanol–water partition coefficient (Wildman–Crippen LogP) is -1.65. The molecule has 4 nitrogen and oxygen atoms in total. The van der Waals surface area contributed by atoms with E-state index in [1.165, 1.54) is 0 Å². The second kappa shape index (κ2) is 6.50. The third-order valence-corrected chi connectivity index (χ3v) is 2.74. The maximum absolute atomic E-state index is 10.7.